The average molecular weight is 505 g/mol. The highest BCUT2D eigenvalue weighted by Gasteiger charge is 2.44. The van der Waals surface area contributed by atoms with E-state index < -0.39 is 56.6 Å². The summed E-state index contributed by atoms with van der Waals surface area (Å²) >= 11 is 5.62. The van der Waals surface area contributed by atoms with Crippen LogP contribution < -0.4 is 20.5 Å². The summed E-state index contributed by atoms with van der Waals surface area (Å²) in [5.74, 6) is -0.797. The van der Waals surface area contributed by atoms with Crippen molar-refractivity contribution < 1.29 is 26.4 Å². The summed E-state index contributed by atoms with van der Waals surface area (Å²) in [7, 11) is -4.04. The molecule has 0 bridgehead atoms. The van der Waals surface area contributed by atoms with Gasteiger partial charge in [-0.25, -0.2) is 8.42 Å². The minimum absolute atomic E-state index is 0.149. The number of hydrogen-bond acceptors (Lipinski definition) is 5. The Bertz CT molecular complexity index is 1120. The molecule has 0 spiro atoms. The van der Waals surface area contributed by atoms with Gasteiger partial charge in [-0.1, -0.05) is 29.3 Å². The molecule has 3 rings (SSSR count). The molecule has 3 N–H and O–H groups in total. The zero-order valence-corrected chi connectivity index (χ0v) is 19.6. The normalized spacial score (nSPS) is 21.1. The lowest BCUT2D eigenvalue weighted by Crippen LogP contribution is -2.49. The Morgan fingerprint density at radius 3 is 2.21 bits per heavy atom. The van der Waals surface area contributed by atoms with Crippen molar-refractivity contribution in [1.29, 1.82) is 0 Å². The number of hydrogen-bond donors (Lipinski definition) is 3. The quantitative estimate of drug-likeness (QED) is 0.558. The maximum absolute atomic E-state index is 13.6. The summed E-state index contributed by atoms with van der Waals surface area (Å²) in [5, 5.41) is 0.962. The van der Waals surface area contributed by atoms with Crippen molar-refractivity contribution in [3.8, 4) is 0 Å². The number of nitrogens with zero attached hydrogens (tertiary/aromatic N) is 1. The number of carbonyl (C=O) groups is 1. The molecule has 1 saturated heterocycles. The number of amides is 1. The number of alkyl halides is 3. The van der Waals surface area contributed by atoms with E-state index in [-0.39, 0.29) is 11.4 Å². The van der Waals surface area contributed by atoms with E-state index in [0.29, 0.717) is 6.07 Å². The van der Waals surface area contributed by atoms with Gasteiger partial charge in [0.25, 0.3) is 0 Å². The van der Waals surface area contributed by atoms with Crippen molar-refractivity contribution >= 4 is 38.9 Å². The van der Waals surface area contributed by atoms with Gasteiger partial charge in [0.2, 0.25) is 15.9 Å². The number of rotatable bonds is 6. The number of nitrogens with one attached hydrogen (secondary N) is 3. The average Bonchev–Trinajstić information content (AvgIpc) is 3.06. The number of anilines is 2. The number of benzene rings is 2. The first-order valence-corrected chi connectivity index (χ1v) is 11.9. The van der Waals surface area contributed by atoms with Gasteiger partial charge in [0.1, 0.15) is 11.8 Å². The first-order chi connectivity index (χ1) is 15.3. The van der Waals surface area contributed by atoms with Gasteiger partial charge < -0.3 is 5.32 Å². The van der Waals surface area contributed by atoms with Gasteiger partial charge in [0, 0.05) is 17.8 Å². The SMILES string of the molecule is Cc1ccc(N(CC(=O)Nc2ccc(Cl)c(C(F)(F)F)c2)S(=O)(=O)C2C(C)NNC2C)cc1. The second kappa shape index (κ2) is 9.49. The van der Waals surface area contributed by atoms with Gasteiger partial charge >= 0.3 is 6.18 Å². The fourth-order valence-electron chi connectivity index (χ4n) is 3.71. The van der Waals surface area contributed by atoms with Crippen LogP contribution in [-0.2, 0) is 21.0 Å². The van der Waals surface area contributed by atoms with Gasteiger partial charge in [-0.15, -0.1) is 0 Å². The highest BCUT2D eigenvalue weighted by atomic mass is 35.5. The standard InChI is InChI=1S/C21H24ClF3N4O3S/c1-12-4-7-16(8-5-12)29(33(31,32)20-13(2)27-28-14(20)3)11-19(30)26-15-6-9-18(22)17(10-15)21(23,24)25/h4-10,13-14,20,27-28H,11H2,1-3H3,(H,26,30). The van der Waals surface area contributed by atoms with Crippen molar-refractivity contribution in [3.63, 3.8) is 0 Å². The Kier molecular flexibility index (Phi) is 7.27. The number of hydrazine groups is 1. The fraction of sp³-hybridized carbons (Fsp3) is 0.381. The van der Waals surface area contributed by atoms with Gasteiger partial charge in [0.15, 0.2) is 0 Å². The van der Waals surface area contributed by atoms with Gasteiger partial charge in [0.05, 0.1) is 16.3 Å². The second-order valence-electron chi connectivity index (χ2n) is 7.96. The molecule has 33 heavy (non-hydrogen) atoms. The summed E-state index contributed by atoms with van der Waals surface area (Å²) in [5.41, 5.74) is 5.69. The fourth-order valence-corrected chi connectivity index (χ4v) is 6.11. The zero-order chi connectivity index (χ0) is 24.6. The van der Waals surface area contributed by atoms with Crippen LogP contribution in [0.4, 0.5) is 24.5 Å². The van der Waals surface area contributed by atoms with E-state index in [0.717, 1.165) is 15.9 Å². The first kappa shape index (κ1) is 25.3. The summed E-state index contributed by atoms with van der Waals surface area (Å²) < 4.78 is 67.5. The van der Waals surface area contributed by atoms with Crippen LogP contribution >= 0.6 is 11.6 Å². The van der Waals surface area contributed by atoms with Crippen LogP contribution in [0, 0.1) is 6.92 Å². The van der Waals surface area contributed by atoms with Crippen molar-refractivity contribution in [2.75, 3.05) is 16.2 Å². The van der Waals surface area contributed by atoms with Gasteiger partial charge in [-0.05, 0) is 51.1 Å². The van der Waals surface area contributed by atoms with Crippen LogP contribution in [0.15, 0.2) is 42.5 Å². The van der Waals surface area contributed by atoms with Crippen molar-refractivity contribution in [2.24, 2.45) is 0 Å². The molecule has 1 aliphatic heterocycles. The van der Waals surface area contributed by atoms with Crippen LogP contribution in [0.3, 0.4) is 0 Å². The van der Waals surface area contributed by atoms with E-state index in [2.05, 4.69) is 16.2 Å². The maximum atomic E-state index is 13.6. The Morgan fingerprint density at radius 1 is 1.09 bits per heavy atom. The predicted octanol–water partition coefficient (Wildman–Crippen LogP) is 3.70. The molecule has 2 aromatic carbocycles. The third-order valence-corrected chi connectivity index (χ3v) is 8.13. The number of aryl methyl sites for hydroxylation is 1. The molecule has 2 atom stereocenters. The summed E-state index contributed by atoms with van der Waals surface area (Å²) in [6.45, 7) is 4.63. The summed E-state index contributed by atoms with van der Waals surface area (Å²) in [6, 6.07) is 8.65. The molecule has 2 unspecified atom stereocenters. The number of halogens is 4. The first-order valence-electron chi connectivity index (χ1n) is 10.1. The minimum Gasteiger partial charge on any atom is -0.324 e. The van der Waals surface area contributed by atoms with E-state index in [1.165, 1.54) is 6.07 Å². The smallest absolute Gasteiger partial charge is 0.324 e. The van der Waals surface area contributed by atoms with Gasteiger partial charge in [-0.2, -0.15) is 13.2 Å². The molecule has 180 valence electrons. The lowest BCUT2D eigenvalue weighted by atomic mass is 10.2. The number of carbonyl (C=O) groups excluding carboxylic acids is 1. The van der Waals surface area contributed by atoms with E-state index >= 15 is 0 Å². The molecule has 1 fully saturated rings. The lowest BCUT2D eigenvalue weighted by Gasteiger charge is -2.30. The molecular weight excluding hydrogens is 481 g/mol. The van der Waals surface area contributed by atoms with Crippen LogP contribution in [0.2, 0.25) is 5.02 Å². The van der Waals surface area contributed by atoms with E-state index in [9.17, 15) is 26.4 Å². The summed E-state index contributed by atoms with van der Waals surface area (Å²) in [4.78, 5) is 12.8. The third-order valence-electron chi connectivity index (χ3n) is 5.34. The Balaban J connectivity index is 1.91. The van der Waals surface area contributed by atoms with Crippen LogP contribution in [0.1, 0.15) is 25.0 Å². The second-order valence-corrected chi connectivity index (χ2v) is 10.4. The molecule has 0 aliphatic carbocycles. The Hall–Kier alpha value is -2.34. The van der Waals surface area contributed by atoms with Crippen molar-refractivity contribution in [2.45, 2.75) is 44.3 Å². The van der Waals surface area contributed by atoms with Gasteiger partial charge in [-0.3, -0.25) is 20.0 Å². The molecular formula is C21H24ClF3N4O3S. The Labute approximate surface area is 195 Å². The van der Waals surface area contributed by atoms with E-state index in [4.69, 9.17) is 11.6 Å². The Morgan fingerprint density at radius 2 is 1.67 bits per heavy atom. The zero-order valence-electron chi connectivity index (χ0n) is 18.1. The van der Waals surface area contributed by atoms with Crippen LogP contribution in [-0.4, -0.2) is 38.2 Å². The van der Waals surface area contributed by atoms with Crippen molar-refractivity contribution in [3.05, 3.63) is 58.6 Å². The highest BCUT2D eigenvalue weighted by Crippen LogP contribution is 2.36. The molecule has 0 radical (unpaired) electrons. The molecule has 1 amide bonds. The van der Waals surface area contributed by atoms with E-state index in [1.54, 1.807) is 38.1 Å². The summed E-state index contributed by atoms with van der Waals surface area (Å²) in [6.07, 6.45) is -4.70. The molecule has 0 aromatic heterocycles. The van der Waals surface area contributed by atoms with Crippen molar-refractivity contribution in [1.82, 2.24) is 10.9 Å². The predicted molar refractivity (Wildman–Crippen MR) is 122 cm³/mol. The highest BCUT2D eigenvalue weighted by molar-refractivity contribution is 7.93. The third kappa shape index (κ3) is 5.60. The molecule has 0 saturated carbocycles. The topological polar surface area (TPSA) is 90.5 Å². The monoisotopic (exact) mass is 504 g/mol. The minimum atomic E-state index is -4.70. The number of sulfonamides is 1. The molecule has 2 aromatic rings. The van der Waals surface area contributed by atoms with Crippen LogP contribution in [0.25, 0.3) is 0 Å². The molecule has 1 aliphatic rings. The molecule has 1 heterocycles. The van der Waals surface area contributed by atoms with Crippen LogP contribution in [0.5, 0.6) is 0 Å². The van der Waals surface area contributed by atoms with E-state index in [1.807, 2.05) is 6.92 Å². The molecule has 7 nitrogen and oxygen atoms in total. The maximum Gasteiger partial charge on any atom is 0.417 e. The molecule has 12 heteroatoms. The largest absolute Gasteiger partial charge is 0.417 e. The lowest BCUT2D eigenvalue weighted by molar-refractivity contribution is -0.137.